The van der Waals surface area contributed by atoms with Crippen LogP contribution in [0, 0.1) is 5.92 Å². The zero-order valence-electron chi connectivity index (χ0n) is 16.0. The van der Waals surface area contributed by atoms with Gasteiger partial charge in [0, 0.05) is 25.6 Å². The monoisotopic (exact) mass is 395 g/mol. The van der Waals surface area contributed by atoms with E-state index in [9.17, 15) is 18.0 Å². The molecule has 0 saturated carbocycles. The summed E-state index contributed by atoms with van der Waals surface area (Å²) in [6.45, 7) is 4.98. The Kier molecular flexibility index (Phi) is 7.79. The molecule has 0 bridgehead atoms. The average molecular weight is 396 g/mol. The van der Waals surface area contributed by atoms with Gasteiger partial charge >= 0.3 is 0 Å². The molecule has 1 aliphatic heterocycles. The molecule has 1 saturated heterocycles. The van der Waals surface area contributed by atoms with E-state index < -0.39 is 10.0 Å². The lowest BCUT2D eigenvalue weighted by atomic mass is 9.97. The van der Waals surface area contributed by atoms with Gasteiger partial charge in [0.15, 0.2) is 0 Å². The number of nitrogens with zero attached hydrogens (tertiary/aromatic N) is 1. The first kappa shape index (κ1) is 21.4. The number of rotatable bonds is 8. The van der Waals surface area contributed by atoms with Crippen LogP contribution < -0.4 is 10.6 Å². The summed E-state index contributed by atoms with van der Waals surface area (Å²) < 4.78 is 25.3. The van der Waals surface area contributed by atoms with E-state index in [-0.39, 0.29) is 23.5 Å². The quantitative estimate of drug-likeness (QED) is 0.660. The average Bonchev–Trinajstić information content (AvgIpc) is 2.68. The number of anilines is 1. The van der Waals surface area contributed by atoms with Crippen LogP contribution in [-0.4, -0.2) is 49.9 Å². The largest absolute Gasteiger partial charge is 0.352 e. The van der Waals surface area contributed by atoms with Crippen LogP contribution in [0.2, 0.25) is 0 Å². The Hall–Kier alpha value is -1.93. The molecule has 0 spiro atoms. The fourth-order valence-electron chi connectivity index (χ4n) is 3.08. The van der Waals surface area contributed by atoms with Gasteiger partial charge in [-0.3, -0.25) is 9.59 Å². The van der Waals surface area contributed by atoms with Crippen LogP contribution in [0.4, 0.5) is 5.69 Å². The first-order chi connectivity index (χ1) is 12.9. The molecule has 2 amide bonds. The van der Waals surface area contributed by atoms with Crippen LogP contribution in [0.3, 0.4) is 0 Å². The summed E-state index contributed by atoms with van der Waals surface area (Å²) in [5, 5.41) is 5.71. The van der Waals surface area contributed by atoms with Gasteiger partial charge in [-0.2, -0.15) is 0 Å². The van der Waals surface area contributed by atoms with Crippen molar-refractivity contribution in [3.05, 3.63) is 29.8 Å². The Morgan fingerprint density at radius 2 is 1.81 bits per heavy atom. The number of piperidine rings is 1. The molecule has 0 aromatic heterocycles. The van der Waals surface area contributed by atoms with E-state index in [1.54, 1.807) is 31.2 Å². The van der Waals surface area contributed by atoms with Crippen molar-refractivity contribution in [3.63, 3.8) is 0 Å². The van der Waals surface area contributed by atoms with Gasteiger partial charge in [0.25, 0.3) is 5.91 Å². The molecule has 1 heterocycles. The van der Waals surface area contributed by atoms with Gasteiger partial charge in [-0.1, -0.05) is 25.5 Å². The van der Waals surface area contributed by atoms with Crippen molar-refractivity contribution in [1.82, 2.24) is 9.62 Å². The maximum absolute atomic E-state index is 12.6. The third-order valence-electron chi connectivity index (χ3n) is 4.83. The summed E-state index contributed by atoms with van der Waals surface area (Å²) in [4.78, 5) is 25.0. The summed E-state index contributed by atoms with van der Waals surface area (Å²) in [7, 11) is -3.21. The van der Waals surface area contributed by atoms with Crippen molar-refractivity contribution in [3.8, 4) is 0 Å². The lowest BCUT2D eigenvalue weighted by Gasteiger charge is -2.30. The first-order valence-electron chi connectivity index (χ1n) is 9.55. The number of sulfonamides is 1. The maximum Gasteiger partial charge on any atom is 0.253 e. The normalized spacial score (nSPS) is 16.1. The van der Waals surface area contributed by atoms with Gasteiger partial charge in [-0.25, -0.2) is 12.7 Å². The summed E-state index contributed by atoms with van der Waals surface area (Å²) in [5.41, 5.74) is 0.924. The van der Waals surface area contributed by atoms with E-state index in [4.69, 9.17) is 0 Å². The van der Waals surface area contributed by atoms with Gasteiger partial charge in [0.05, 0.1) is 17.0 Å². The van der Waals surface area contributed by atoms with Crippen LogP contribution >= 0.6 is 0 Å². The maximum atomic E-state index is 12.6. The van der Waals surface area contributed by atoms with E-state index >= 15 is 0 Å². The smallest absolute Gasteiger partial charge is 0.253 e. The minimum absolute atomic E-state index is 0.0738. The Morgan fingerprint density at radius 3 is 2.44 bits per heavy atom. The van der Waals surface area contributed by atoms with Crippen molar-refractivity contribution in [1.29, 1.82) is 0 Å². The van der Waals surface area contributed by atoms with Crippen molar-refractivity contribution in [2.75, 3.05) is 30.7 Å². The van der Waals surface area contributed by atoms with Gasteiger partial charge < -0.3 is 10.6 Å². The highest BCUT2D eigenvalue weighted by molar-refractivity contribution is 7.89. The van der Waals surface area contributed by atoms with E-state index in [0.29, 0.717) is 43.7 Å². The highest BCUT2D eigenvalue weighted by Crippen LogP contribution is 2.23. The molecular formula is C19H29N3O4S. The van der Waals surface area contributed by atoms with E-state index in [1.165, 1.54) is 4.31 Å². The molecular weight excluding hydrogens is 366 g/mol. The van der Waals surface area contributed by atoms with E-state index in [2.05, 4.69) is 17.6 Å². The SMILES string of the molecule is CCCCNC(=O)c1ccccc1NC(=O)C1CCN(S(=O)(=O)CC)CC1. The van der Waals surface area contributed by atoms with Crippen LogP contribution in [-0.2, 0) is 14.8 Å². The van der Waals surface area contributed by atoms with Crippen molar-refractivity contribution < 1.29 is 18.0 Å². The molecule has 1 aromatic carbocycles. The minimum Gasteiger partial charge on any atom is -0.352 e. The highest BCUT2D eigenvalue weighted by atomic mass is 32.2. The van der Waals surface area contributed by atoms with Crippen LogP contribution in [0.1, 0.15) is 49.9 Å². The van der Waals surface area contributed by atoms with Crippen LogP contribution in [0.25, 0.3) is 0 Å². The molecule has 1 fully saturated rings. The Morgan fingerprint density at radius 1 is 1.15 bits per heavy atom. The molecule has 150 valence electrons. The number of hydrogen-bond donors (Lipinski definition) is 2. The molecule has 0 aliphatic carbocycles. The van der Waals surface area contributed by atoms with Crippen LogP contribution in [0.15, 0.2) is 24.3 Å². The summed E-state index contributed by atoms with van der Waals surface area (Å²) in [6.07, 6.45) is 2.86. The highest BCUT2D eigenvalue weighted by Gasteiger charge is 2.30. The fourth-order valence-corrected chi connectivity index (χ4v) is 4.21. The molecule has 0 unspecified atom stereocenters. The molecule has 27 heavy (non-hydrogen) atoms. The number of benzene rings is 1. The Balaban J connectivity index is 1.98. The van der Waals surface area contributed by atoms with E-state index in [1.807, 2.05) is 0 Å². The molecule has 1 aliphatic rings. The second-order valence-corrected chi connectivity index (χ2v) is 8.98. The van der Waals surface area contributed by atoms with Gasteiger partial charge in [-0.15, -0.1) is 0 Å². The van der Waals surface area contributed by atoms with Gasteiger partial charge in [0.1, 0.15) is 0 Å². The molecule has 0 atom stereocenters. The number of hydrogen-bond acceptors (Lipinski definition) is 4. The van der Waals surface area contributed by atoms with Crippen molar-refractivity contribution in [2.45, 2.75) is 39.5 Å². The molecule has 0 radical (unpaired) electrons. The number of carbonyl (C=O) groups is 2. The van der Waals surface area contributed by atoms with Crippen molar-refractivity contribution in [2.24, 2.45) is 5.92 Å². The molecule has 2 rings (SSSR count). The Labute approximate surface area is 161 Å². The third kappa shape index (κ3) is 5.77. The molecule has 7 nitrogen and oxygen atoms in total. The second-order valence-electron chi connectivity index (χ2n) is 6.72. The number of unbranched alkanes of at least 4 members (excludes halogenated alkanes) is 1. The summed E-state index contributed by atoms with van der Waals surface area (Å²) in [6, 6.07) is 6.93. The third-order valence-corrected chi connectivity index (χ3v) is 6.71. The van der Waals surface area contributed by atoms with Crippen LogP contribution in [0.5, 0.6) is 0 Å². The second kappa shape index (κ2) is 9.85. The fraction of sp³-hybridized carbons (Fsp3) is 0.579. The minimum atomic E-state index is -3.21. The standard InChI is InChI=1S/C19H29N3O4S/c1-3-5-12-20-19(24)16-8-6-7-9-17(16)21-18(23)15-10-13-22(14-11-15)27(25,26)4-2/h6-9,15H,3-5,10-14H2,1-2H3,(H,20,24)(H,21,23). The van der Waals surface area contributed by atoms with Crippen molar-refractivity contribution >= 4 is 27.5 Å². The lowest BCUT2D eigenvalue weighted by molar-refractivity contribution is -0.120. The number of carbonyl (C=O) groups excluding carboxylic acids is 2. The summed E-state index contributed by atoms with van der Waals surface area (Å²) in [5.74, 6) is -0.560. The number of nitrogens with one attached hydrogen (secondary N) is 2. The lowest BCUT2D eigenvalue weighted by Crippen LogP contribution is -2.42. The first-order valence-corrected chi connectivity index (χ1v) is 11.2. The number of amides is 2. The molecule has 8 heteroatoms. The summed E-state index contributed by atoms with van der Waals surface area (Å²) >= 11 is 0. The topological polar surface area (TPSA) is 95.6 Å². The predicted octanol–water partition coefficient (Wildman–Crippen LogP) is 2.22. The van der Waals surface area contributed by atoms with E-state index in [0.717, 1.165) is 12.8 Å². The van der Waals surface area contributed by atoms with Gasteiger partial charge in [-0.05, 0) is 38.3 Å². The predicted molar refractivity (Wildman–Crippen MR) is 106 cm³/mol. The van der Waals surface area contributed by atoms with Gasteiger partial charge in [0.2, 0.25) is 15.9 Å². The molecule has 2 N–H and O–H groups in total. The zero-order chi connectivity index (χ0) is 19.9. The number of para-hydroxylation sites is 1. The zero-order valence-corrected chi connectivity index (χ0v) is 16.8. The molecule has 1 aromatic rings. The Bertz CT molecular complexity index is 756.